The third-order valence-electron chi connectivity index (χ3n) is 1.06. The van der Waals surface area contributed by atoms with Crippen molar-refractivity contribution in [2.45, 2.75) is 5.50 Å². The number of nitrogens with zero attached hydrogens (tertiary/aromatic N) is 3. The van der Waals surface area contributed by atoms with Crippen LogP contribution in [0.4, 0.5) is 0 Å². The molecule has 1 unspecified atom stereocenters. The van der Waals surface area contributed by atoms with Gasteiger partial charge in [0, 0.05) is 23.6 Å². The summed E-state index contributed by atoms with van der Waals surface area (Å²) in [4.78, 5) is 0. The van der Waals surface area contributed by atoms with Crippen molar-refractivity contribution in [1.82, 2.24) is 13.7 Å². The van der Waals surface area contributed by atoms with Crippen molar-refractivity contribution in [3.8, 4) is 0 Å². The third kappa shape index (κ3) is 1.83. The van der Waals surface area contributed by atoms with E-state index in [0.717, 1.165) is 13.7 Å². The van der Waals surface area contributed by atoms with E-state index in [4.69, 9.17) is 70.1 Å². The second-order valence-electron chi connectivity index (χ2n) is 1.76. The number of hydrogen-bond acceptors (Lipinski definition) is 3. The molecular weight excluding hydrogens is 291 g/mol. The minimum Gasteiger partial charge on any atom is -0.172 e. The topological polar surface area (TPSA) is 9.72 Å². The fourth-order valence-corrected chi connectivity index (χ4v) is 1.80. The first-order valence-electron chi connectivity index (χ1n) is 2.52. The summed E-state index contributed by atoms with van der Waals surface area (Å²) < 4.78 is 2.48. The summed E-state index contributed by atoms with van der Waals surface area (Å²) in [6, 6.07) is 0. The molecular formula is C3HCl6N3. The molecule has 0 N–H and O–H groups in total. The van der Waals surface area contributed by atoms with Crippen LogP contribution in [0.15, 0.2) is 10.2 Å². The summed E-state index contributed by atoms with van der Waals surface area (Å²) in [7, 11) is 0. The van der Waals surface area contributed by atoms with Crippen molar-refractivity contribution in [3.63, 3.8) is 0 Å². The van der Waals surface area contributed by atoms with E-state index < -0.39 is 5.50 Å². The number of hydrazine groups is 2. The van der Waals surface area contributed by atoms with Crippen LogP contribution in [0.3, 0.4) is 0 Å². The molecule has 0 fully saturated rings. The van der Waals surface area contributed by atoms with Crippen LogP contribution in [-0.2, 0) is 0 Å². The molecule has 0 saturated heterocycles. The molecule has 0 aromatic rings. The van der Waals surface area contributed by atoms with E-state index in [2.05, 4.69) is 0 Å². The maximum Gasteiger partial charge on any atom is 0.157 e. The molecule has 1 aliphatic rings. The maximum absolute atomic E-state index is 5.68. The highest BCUT2D eigenvalue weighted by Crippen LogP contribution is 2.37. The first-order valence-corrected chi connectivity index (χ1v) is 4.73. The normalized spacial score (nSPS) is 28.5. The number of alkyl halides is 1. The third-order valence-corrected chi connectivity index (χ3v) is 3.72. The predicted molar refractivity (Wildman–Crippen MR) is 51.4 cm³/mol. The quantitative estimate of drug-likeness (QED) is 0.385. The van der Waals surface area contributed by atoms with Gasteiger partial charge < -0.3 is 0 Å². The van der Waals surface area contributed by atoms with Crippen LogP contribution in [0.2, 0.25) is 0 Å². The lowest BCUT2D eigenvalue weighted by atomic mass is 10.6. The molecule has 1 rings (SSSR count). The Morgan fingerprint density at radius 1 is 1.08 bits per heavy atom. The molecule has 0 amide bonds. The van der Waals surface area contributed by atoms with E-state index in [1.54, 1.807) is 0 Å². The number of halogens is 6. The maximum atomic E-state index is 5.68. The highest BCUT2D eigenvalue weighted by atomic mass is 35.5. The van der Waals surface area contributed by atoms with Gasteiger partial charge in [-0.2, -0.15) is 4.53 Å². The molecule has 1 atom stereocenters. The average molecular weight is 292 g/mol. The monoisotopic (exact) mass is 289 g/mol. The van der Waals surface area contributed by atoms with Crippen molar-refractivity contribution in [1.29, 1.82) is 0 Å². The van der Waals surface area contributed by atoms with Crippen LogP contribution in [-0.4, -0.2) is 19.2 Å². The Bertz CT molecular complexity index is 196. The van der Waals surface area contributed by atoms with Gasteiger partial charge in [0.2, 0.25) is 0 Å². The molecule has 0 radical (unpaired) electrons. The fourth-order valence-electron chi connectivity index (χ4n) is 0.511. The Kier molecular flexibility index (Phi) is 3.90. The number of hydrogen-bond donors (Lipinski definition) is 0. The molecule has 0 bridgehead atoms. The molecule has 0 aromatic heterocycles. The Balaban J connectivity index is 3.00. The molecule has 1 aliphatic heterocycles. The fraction of sp³-hybridized carbons (Fsp3) is 0.333. The van der Waals surface area contributed by atoms with Gasteiger partial charge in [-0.1, -0.05) is 39.3 Å². The van der Waals surface area contributed by atoms with Gasteiger partial charge in [-0.05, 0) is 16.4 Å². The summed E-state index contributed by atoms with van der Waals surface area (Å²) in [5.74, 6) is 0. The van der Waals surface area contributed by atoms with Crippen molar-refractivity contribution < 1.29 is 0 Å². The lowest BCUT2D eigenvalue weighted by Crippen LogP contribution is -2.45. The van der Waals surface area contributed by atoms with E-state index >= 15 is 0 Å². The van der Waals surface area contributed by atoms with Gasteiger partial charge in [0.25, 0.3) is 0 Å². The Morgan fingerprint density at radius 3 is 2.08 bits per heavy atom. The van der Waals surface area contributed by atoms with Gasteiger partial charge in [0.1, 0.15) is 0 Å². The molecule has 3 nitrogen and oxygen atoms in total. The second-order valence-corrected chi connectivity index (χ2v) is 3.91. The zero-order valence-corrected chi connectivity index (χ0v) is 9.72. The van der Waals surface area contributed by atoms with Gasteiger partial charge >= 0.3 is 0 Å². The van der Waals surface area contributed by atoms with Crippen LogP contribution >= 0.6 is 70.1 Å². The molecule has 70 valence electrons. The Morgan fingerprint density at radius 2 is 1.58 bits per heavy atom. The van der Waals surface area contributed by atoms with Crippen molar-refractivity contribution >= 4 is 70.1 Å². The van der Waals surface area contributed by atoms with E-state index in [-0.39, 0.29) is 10.2 Å². The number of rotatable bonds is 0. The zero-order valence-electron chi connectivity index (χ0n) is 5.19. The van der Waals surface area contributed by atoms with Crippen LogP contribution in [0.25, 0.3) is 0 Å². The molecule has 12 heavy (non-hydrogen) atoms. The summed E-state index contributed by atoms with van der Waals surface area (Å²) in [6.07, 6.45) is 0. The molecule has 9 heteroatoms. The minimum absolute atomic E-state index is 0.00485. The SMILES string of the molecule is ClC1=C(Cl)N(Cl)N(Cl)N(Cl)C1Cl. The van der Waals surface area contributed by atoms with Gasteiger partial charge in [0.05, 0.1) is 5.03 Å². The van der Waals surface area contributed by atoms with Crippen molar-refractivity contribution in [2.24, 2.45) is 0 Å². The Hall–Kier alpha value is 1.20. The van der Waals surface area contributed by atoms with Gasteiger partial charge in [-0.3, -0.25) is 0 Å². The van der Waals surface area contributed by atoms with Crippen LogP contribution in [0, 0.1) is 0 Å². The summed E-state index contributed by atoms with van der Waals surface area (Å²) in [6.45, 7) is 0. The molecule has 0 aromatic carbocycles. The molecule has 0 aliphatic carbocycles. The van der Waals surface area contributed by atoms with Crippen LogP contribution in [0.5, 0.6) is 0 Å². The van der Waals surface area contributed by atoms with E-state index in [1.807, 2.05) is 0 Å². The average Bonchev–Trinajstić information content (AvgIpc) is 2.08. The lowest BCUT2D eigenvalue weighted by molar-refractivity contribution is 0.0293. The largest absolute Gasteiger partial charge is 0.172 e. The molecule has 0 spiro atoms. The minimum atomic E-state index is -0.840. The van der Waals surface area contributed by atoms with Gasteiger partial charge in [-0.15, -0.1) is 0 Å². The first-order chi connectivity index (χ1) is 5.46. The van der Waals surface area contributed by atoms with Gasteiger partial charge in [-0.25, -0.2) is 0 Å². The Labute approximate surface area is 99.1 Å². The molecule has 1 heterocycles. The van der Waals surface area contributed by atoms with Crippen LogP contribution < -0.4 is 0 Å². The molecule has 0 saturated carbocycles. The highest BCUT2D eigenvalue weighted by Gasteiger charge is 2.36. The summed E-state index contributed by atoms with van der Waals surface area (Å²) in [5, 5.41) is 0.102. The van der Waals surface area contributed by atoms with E-state index in [1.165, 1.54) is 0 Å². The predicted octanol–water partition coefficient (Wildman–Crippen LogP) is 3.41. The van der Waals surface area contributed by atoms with E-state index in [0.29, 0.717) is 0 Å². The smallest absolute Gasteiger partial charge is 0.157 e. The van der Waals surface area contributed by atoms with Crippen molar-refractivity contribution in [2.75, 3.05) is 0 Å². The standard InChI is InChI=1S/C3HCl6N3/c4-1-2(5)10(7)12(9)11(8)3(1)6/h2H. The summed E-state index contributed by atoms with van der Waals surface area (Å²) >= 11 is 33.6. The highest BCUT2D eigenvalue weighted by molar-refractivity contribution is 6.45. The first kappa shape index (κ1) is 11.3. The van der Waals surface area contributed by atoms with Crippen LogP contribution in [0.1, 0.15) is 0 Å². The lowest BCUT2D eigenvalue weighted by Gasteiger charge is -2.35. The van der Waals surface area contributed by atoms with Crippen molar-refractivity contribution in [3.05, 3.63) is 10.2 Å². The van der Waals surface area contributed by atoms with Gasteiger partial charge in [0.15, 0.2) is 10.7 Å². The second kappa shape index (κ2) is 4.15. The zero-order chi connectivity index (χ0) is 9.46. The summed E-state index contributed by atoms with van der Waals surface area (Å²) in [5.41, 5.74) is -0.840. The van der Waals surface area contributed by atoms with E-state index in [9.17, 15) is 0 Å².